The number of rotatable bonds is 8. The van der Waals surface area contributed by atoms with Gasteiger partial charge < -0.3 is 9.47 Å². The van der Waals surface area contributed by atoms with Crippen molar-refractivity contribution in [1.82, 2.24) is 9.66 Å². The minimum absolute atomic E-state index is 0.253. The highest BCUT2D eigenvalue weighted by atomic mass is 79.9. The first-order valence-electron chi connectivity index (χ1n) is 12.4. The third-order valence-electron chi connectivity index (χ3n) is 6.21. The van der Waals surface area contributed by atoms with Crippen LogP contribution in [0.3, 0.4) is 0 Å². The number of aromatic nitrogens is 2. The zero-order chi connectivity index (χ0) is 27.5. The third-order valence-corrected chi connectivity index (χ3v) is 8.15. The lowest BCUT2D eigenvalue weighted by atomic mass is 10.1. The first-order chi connectivity index (χ1) is 18.9. The summed E-state index contributed by atoms with van der Waals surface area (Å²) in [6.45, 7) is 4.56. The lowest BCUT2D eigenvalue weighted by Gasteiger charge is -2.17. The van der Waals surface area contributed by atoms with Crippen LogP contribution in [0.2, 0.25) is 5.02 Å². The molecule has 0 saturated carbocycles. The van der Waals surface area contributed by atoms with Crippen LogP contribution in [0.25, 0.3) is 21.7 Å². The molecule has 0 aliphatic carbocycles. The Labute approximate surface area is 247 Å². The van der Waals surface area contributed by atoms with Crippen LogP contribution in [0.5, 0.6) is 11.5 Å². The Morgan fingerprint density at radius 2 is 1.79 bits per heavy atom. The molecule has 39 heavy (non-hydrogen) atoms. The fourth-order valence-electron chi connectivity index (χ4n) is 4.33. The van der Waals surface area contributed by atoms with Crippen molar-refractivity contribution in [3.05, 3.63) is 108 Å². The van der Waals surface area contributed by atoms with E-state index < -0.39 is 0 Å². The Bertz CT molecular complexity index is 1780. The van der Waals surface area contributed by atoms with Gasteiger partial charge in [-0.05, 0) is 63.5 Å². The molecule has 198 valence electrons. The Morgan fingerprint density at radius 3 is 2.59 bits per heavy atom. The van der Waals surface area contributed by atoms with Gasteiger partial charge in [0.25, 0.3) is 5.56 Å². The molecule has 0 amide bonds. The monoisotopic (exact) mass is 667 g/mol. The maximum absolute atomic E-state index is 13.3. The maximum Gasteiger partial charge on any atom is 0.282 e. The molecule has 0 atom stereocenters. The quantitative estimate of drug-likeness (QED) is 0.157. The highest BCUT2D eigenvalue weighted by Crippen LogP contribution is 2.43. The number of hydrogen-bond donors (Lipinski definition) is 0. The number of fused-ring (bicyclic) bond motifs is 2. The van der Waals surface area contributed by atoms with Crippen molar-refractivity contribution < 1.29 is 9.47 Å². The predicted molar refractivity (Wildman–Crippen MR) is 165 cm³/mol. The molecule has 5 aromatic rings. The Kier molecular flexibility index (Phi) is 8.35. The fraction of sp³-hybridized carbons (Fsp3) is 0.167. The van der Waals surface area contributed by atoms with Crippen molar-refractivity contribution in [3.63, 3.8) is 0 Å². The minimum atomic E-state index is -0.253. The van der Waals surface area contributed by atoms with Crippen molar-refractivity contribution in [3.8, 4) is 11.5 Å². The molecule has 6 nitrogen and oxygen atoms in total. The first-order valence-corrected chi connectivity index (χ1v) is 14.4. The Morgan fingerprint density at radius 1 is 1.00 bits per heavy atom. The molecule has 0 bridgehead atoms. The van der Waals surface area contributed by atoms with Crippen LogP contribution in [0.4, 0.5) is 0 Å². The highest BCUT2D eigenvalue weighted by molar-refractivity contribution is 9.10. The van der Waals surface area contributed by atoms with Crippen LogP contribution in [0.1, 0.15) is 30.8 Å². The van der Waals surface area contributed by atoms with E-state index in [1.807, 2.05) is 50.2 Å². The summed E-state index contributed by atoms with van der Waals surface area (Å²) >= 11 is 13.8. The predicted octanol–water partition coefficient (Wildman–Crippen LogP) is 8.15. The van der Waals surface area contributed by atoms with E-state index in [4.69, 9.17) is 21.1 Å². The van der Waals surface area contributed by atoms with Crippen molar-refractivity contribution in [2.45, 2.75) is 26.9 Å². The lowest BCUT2D eigenvalue weighted by molar-refractivity contribution is 0.270. The van der Waals surface area contributed by atoms with Crippen LogP contribution < -0.4 is 15.0 Å². The Hall–Kier alpha value is -3.20. The summed E-state index contributed by atoms with van der Waals surface area (Å²) in [7, 11) is 0. The Balaban J connectivity index is 1.52. The SMILES string of the molecule is CCOc1cc(C=Nn2c(CC)nc3ccc(Br)cc3c2=O)c(Br)c(Cl)c1OCc1cccc2ccccc12. The largest absolute Gasteiger partial charge is 0.490 e. The second-order valence-corrected chi connectivity index (χ2v) is 10.8. The van der Waals surface area contributed by atoms with Crippen molar-refractivity contribution in [2.24, 2.45) is 5.10 Å². The van der Waals surface area contributed by atoms with Gasteiger partial charge in [0.05, 0.1) is 23.7 Å². The molecule has 0 spiro atoms. The summed E-state index contributed by atoms with van der Waals surface area (Å²) in [5.74, 6) is 1.46. The van der Waals surface area contributed by atoms with Crippen LogP contribution >= 0.6 is 43.5 Å². The second kappa shape index (κ2) is 11.9. The van der Waals surface area contributed by atoms with Crippen LogP contribution in [-0.4, -0.2) is 22.5 Å². The molecule has 0 aliphatic heterocycles. The highest BCUT2D eigenvalue weighted by Gasteiger charge is 2.18. The van der Waals surface area contributed by atoms with Gasteiger partial charge in [-0.25, -0.2) is 4.98 Å². The molecular weight excluding hydrogens is 646 g/mol. The van der Waals surface area contributed by atoms with Gasteiger partial charge in [0, 0.05) is 20.9 Å². The molecule has 0 saturated heterocycles. The molecule has 1 aromatic heterocycles. The van der Waals surface area contributed by atoms with Crippen molar-refractivity contribution >= 4 is 71.4 Å². The normalized spacial score (nSPS) is 11.5. The standard InChI is InChI=1S/C30H24Br2ClN3O3/c1-3-26-35-24-13-12-21(31)15-23(24)30(37)36(26)34-16-20-14-25(38-4-2)29(28(33)27(20)32)39-17-19-10-7-9-18-8-5-6-11-22(18)19/h5-16H,3-4,17H2,1-2H3. The fourth-order valence-corrected chi connectivity index (χ4v) is 5.34. The van der Waals surface area contributed by atoms with Crippen molar-refractivity contribution in [2.75, 3.05) is 6.61 Å². The van der Waals surface area contributed by atoms with E-state index in [1.54, 1.807) is 18.3 Å². The topological polar surface area (TPSA) is 65.7 Å². The average molecular weight is 670 g/mol. The number of aryl methyl sites for hydroxylation is 1. The van der Waals surface area contributed by atoms with E-state index in [9.17, 15) is 4.79 Å². The van der Waals surface area contributed by atoms with Gasteiger partial charge in [-0.3, -0.25) is 4.79 Å². The zero-order valence-corrected chi connectivity index (χ0v) is 25.2. The van der Waals surface area contributed by atoms with E-state index in [-0.39, 0.29) is 5.56 Å². The molecule has 9 heteroatoms. The van der Waals surface area contributed by atoms with E-state index in [0.717, 1.165) is 20.8 Å². The molecule has 0 N–H and O–H groups in total. The summed E-state index contributed by atoms with van der Waals surface area (Å²) in [4.78, 5) is 17.9. The summed E-state index contributed by atoms with van der Waals surface area (Å²) in [6.07, 6.45) is 2.10. The van der Waals surface area contributed by atoms with E-state index >= 15 is 0 Å². The lowest BCUT2D eigenvalue weighted by Crippen LogP contribution is -2.22. The van der Waals surface area contributed by atoms with Crippen LogP contribution in [-0.2, 0) is 13.0 Å². The summed E-state index contributed by atoms with van der Waals surface area (Å²) in [6, 6.07) is 21.5. The van der Waals surface area contributed by atoms with Gasteiger partial charge in [0.15, 0.2) is 11.5 Å². The number of halogens is 3. The summed E-state index contributed by atoms with van der Waals surface area (Å²) < 4.78 is 14.8. The van der Waals surface area contributed by atoms with E-state index in [1.165, 1.54) is 4.68 Å². The minimum Gasteiger partial charge on any atom is -0.490 e. The molecule has 1 heterocycles. The first kappa shape index (κ1) is 27.4. The maximum atomic E-state index is 13.3. The molecule has 0 radical (unpaired) electrons. The van der Waals surface area contributed by atoms with Gasteiger partial charge in [0.2, 0.25) is 0 Å². The van der Waals surface area contributed by atoms with E-state index in [0.29, 0.717) is 62.9 Å². The number of benzene rings is 4. The van der Waals surface area contributed by atoms with Gasteiger partial charge in [0.1, 0.15) is 17.5 Å². The number of ether oxygens (including phenoxy) is 2. The zero-order valence-electron chi connectivity index (χ0n) is 21.2. The van der Waals surface area contributed by atoms with Gasteiger partial charge in [-0.15, -0.1) is 0 Å². The number of nitrogens with zero attached hydrogens (tertiary/aromatic N) is 3. The third kappa shape index (κ3) is 5.60. The molecule has 4 aromatic carbocycles. The van der Waals surface area contributed by atoms with Crippen molar-refractivity contribution in [1.29, 1.82) is 0 Å². The van der Waals surface area contributed by atoms with Crippen LogP contribution in [0, 0.1) is 0 Å². The van der Waals surface area contributed by atoms with Gasteiger partial charge in [-0.2, -0.15) is 9.78 Å². The average Bonchev–Trinajstić information content (AvgIpc) is 2.95. The van der Waals surface area contributed by atoms with Gasteiger partial charge >= 0.3 is 0 Å². The summed E-state index contributed by atoms with van der Waals surface area (Å²) in [5, 5.41) is 7.59. The molecule has 0 unspecified atom stereocenters. The smallest absolute Gasteiger partial charge is 0.282 e. The number of hydrogen-bond acceptors (Lipinski definition) is 5. The molecule has 0 fully saturated rings. The van der Waals surface area contributed by atoms with Gasteiger partial charge in [-0.1, -0.05) is 76.9 Å². The second-order valence-electron chi connectivity index (χ2n) is 8.69. The summed E-state index contributed by atoms with van der Waals surface area (Å²) in [5.41, 5.74) is 2.04. The molecule has 5 rings (SSSR count). The van der Waals surface area contributed by atoms with E-state index in [2.05, 4.69) is 60.1 Å². The van der Waals surface area contributed by atoms with Crippen LogP contribution in [0.15, 0.2) is 85.6 Å². The molecular formula is C30H24Br2ClN3O3. The molecule has 0 aliphatic rings.